The van der Waals surface area contributed by atoms with Gasteiger partial charge in [-0.25, -0.2) is 8.42 Å². The standard InChI is InChI=1S/C17H18N2O4S/c20-16(18-10-12-8-9-24(22,23)11-12)14-6-7-15(19-17(14)21)13-4-2-1-3-5-13/h1-7,12H,8-11H2,(H,18,20)(H,19,21)/t12-/m0/s1. The highest BCUT2D eigenvalue weighted by atomic mass is 32.2. The predicted molar refractivity (Wildman–Crippen MR) is 91.6 cm³/mol. The van der Waals surface area contributed by atoms with Crippen LogP contribution in [0.4, 0.5) is 0 Å². The van der Waals surface area contributed by atoms with Crippen LogP contribution in [0, 0.1) is 5.92 Å². The van der Waals surface area contributed by atoms with Crippen molar-refractivity contribution in [2.75, 3.05) is 18.1 Å². The summed E-state index contributed by atoms with van der Waals surface area (Å²) in [4.78, 5) is 27.0. The van der Waals surface area contributed by atoms with E-state index < -0.39 is 21.3 Å². The average Bonchev–Trinajstić information content (AvgIpc) is 2.92. The van der Waals surface area contributed by atoms with E-state index in [0.717, 1.165) is 5.56 Å². The van der Waals surface area contributed by atoms with Crippen LogP contribution < -0.4 is 10.9 Å². The number of rotatable bonds is 4. The summed E-state index contributed by atoms with van der Waals surface area (Å²) >= 11 is 0. The van der Waals surface area contributed by atoms with E-state index in [4.69, 9.17) is 0 Å². The van der Waals surface area contributed by atoms with E-state index in [1.807, 2.05) is 30.3 Å². The lowest BCUT2D eigenvalue weighted by Gasteiger charge is -2.09. The molecule has 1 aliphatic heterocycles. The molecular weight excluding hydrogens is 328 g/mol. The molecule has 2 aromatic rings. The van der Waals surface area contributed by atoms with Crippen molar-refractivity contribution in [3.05, 3.63) is 58.4 Å². The molecule has 1 aliphatic rings. The van der Waals surface area contributed by atoms with E-state index in [1.165, 1.54) is 6.07 Å². The molecule has 0 unspecified atom stereocenters. The molecule has 0 spiro atoms. The van der Waals surface area contributed by atoms with Gasteiger partial charge >= 0.3 is 0 Å². The van der Waals surface area contributed by atoms with Gasteiger partial charge in [-0.3, -0.25) is 9.59 Å². The van der Waals surface area contributed by atoms with Gasteiger partial charge in [0.2, 0.25) is 0 Å². The molecule has 1 aromatic heterocycles. The summed E-state index contributed by atoms with van der Waals surface area (Å²) in [5.41, 5.74) is 1.06. The molecule has 0 radical (unpaired) electrons. The number of pyridine rings is 1. The molecule has 0 bridgehead atoms. The first kappa shape index (κ1) is 16.4. The minimum Gasteiger partial charge on any atom is -0.352 e. The molecule has 1 fully saturated rings. The van der Waals surface area contributed by atoms with E-state index in [1.54, 1.807) is 6.07 Å². The topological polar surface area (TPSA) is 96.1 Å². The number of benzene rings is 1. The van der Waals surface area contributed by atoms with Crippen LogP contribution in [0.25, 0.3) is 11.3 Å². The zero-order chi connectivity index (χ0) is 17.2. The second-order valence-electron chi connectivity index (χ2n) is 5.96. The molecule has 126 valence electrons. The highest BCUT2D eigenvalue weighted by Crippen LogP contribution is 2.17. The number of nitrogens with one attached hydrogen (secondary N) is 2. The molecule has 2 N–H and O–H groups in total. The molecule has 1 aromatic carbocycles. The van der Waals surface area contributed by atoms with Gasteiger partial charge in [-0.15, -0.1) is 0 Å². The van der Waals surface area contributed by atoms with Gasteiger partial charge in [-0.05, 0) is 30.0 Å². The monoisotopic (exact) mass is 346 g/mol. The van der Waals surface area contributed by atoms with Crippen molar-refractivity contribution in [2.45, 2.75) is 6.42 Å². The Bertz CT molecular complexity index is 904. The maximum Gasteiger partial charge on any atom is 0.261 e. The van der Waals surface area contributed by atoms with Crippen molar-refractivity contribution in [3.8, 4) is 11.3 Å². The summed E-state index contributed by atoms with van der Waals surface area (Å²) in [6.07, 6.45) is 0.548. The zero-order valence-corrected chi connectivity index (χ0v) is 13.8. The first-order valence-corrected chi connectivity index (χ1v) is 9.54. The molecule has 0 aliphatic carbocycles. The summed E-state index contributed by atoms with van der Waals surface area (Å²) in [6.45, 7) is 0.262. The molecule has 0 saturated carbocycles. The van der Waals surface area contributed by atoms with E-state index >= 15 is 0 Å². The van der Waals surface area contributed by atoms with Crippen LogP contribution >= 0.6 is 0 Å². The van der Waals surface area contributed by atoms with Crippen LogP contribution in [0.1, 0.15) is 16.8 Å². The summed E-state index contributed by atoms with van der Waals surface area (Å²) in [5, 5.41) is 2.66. The first-order valence-electron chi connectivity index (χ1n) is 7.72. The van der Waals surface area contributed by atoms with Gasteiger partial charge in [0.15, 0.2) is 9.84 Å². The Morgan fingerprint density at radius 3 is 2.54 bits per heavy atom. The largest absolute Gasteiger partial charge is 0.352 e. The van der Waals surface area contributed by atoms with Gasteiger partial charge in [0.1, 0.15) is 5.56 Å². The van der Waals surface area contributed by atoms with Crippen LogP contribution in [0.5, 0.6) is 0 Å². The SMILES string of the molecule is O=C(NC[C@@H]1CCS(=O)(=O)C1)c1ccc(-c2ccccc2)[nH]c1=O. The fourth-order valence-electron chi connectivity index (χ4n) is 2.80. The molecule has 3 rings (SSSR count). The average molecular weight is 346 g/mol. The fourth-order valence-corrected chi connectivity index (χ4v) is 4.67. The van der Waals surface area contributed by atoms with Crippen molar-refractivity contribution in [2.24, 2.45) is 5.92 Å². The smallest absolute Gasteiger partial charge is 0.261 e. The molecule has 1 amide bonds. The first-order chi connectivity index (χ1) is 11.4. The van der Waals surface area contributed by atoms with Gasteiger partial charge in [-0.2, -0.15) is 0 Å². The number of hydrogen-bond donors (Lipinski definition) is 2. The summed E-state index contributed by atoms with van der Waals surface area (Å²) in [7, 11) is -2.97. The van der Waals surface area contributed by atoms with Crippen LogP contribution in [0.2, 0.25) is 0 Å². The third-order valence-corrected chi connectivity index (χ3v) is 5.95. The molecule has 24 heavy (non-hydrogen) atoms. The third-order valence-electron chi connectivity index (χ3n) is 4.12. The van der Waals surface area contributed by atoms with Crippen molar-refractivity contribution < 1.29 is 13.2 Å². The molecule has 7 heteroatoms. The van der Waals surface area contributed by atoms with Gasteiger partial charge in [0.05, 0.1) is 11.5 Å². The van der Waals surface area contributed by atoms with E-state index in [0.29, 0.717) is 12.1 Å². The molecular formula is C17H18N2O4S. The Morgan fingerprint density at radius 1 is 1.17 bits per heavy atom. The van der Waals surface area contributed by atoms with Crippen LogP contribution in [-0.4, -0.2) is 37.4 Å². The number of sulfone groups is 1. The van der Waals surface area contributed by atoms with E-state index in [2.05, 4.69) is 10.3 Å². The highest BCUT2D eigenvalue weighted by molar-refractivity contribution is 7.91. The van der Waals surface area contributed by atoms with Gasteiger partial charge in [0, 0.05) is 12.2 Å². The van der Waals surface area contributed by atoms with Gasteiger partial charge in [0.25, 0.3) is 11.5 Å². The number of carbonyl (C=O) groups is 1. The zero-order valence-electron chi connectivity index (χ0n) is 13.0. The molecule has 1 saturated heterocycles. The third kappa shape index (κ3) is 3.73. The number of carbonyl (C=O) groups excluding carboxylic acids is 1. The molecule has 1 atom stereocenters. The minimum absolute atomic E-state index is 0.0236. The van der Waals surface area contributed by atoms with Crippen molar-refractivity contribution in [1.29, 1.82) is 0 Å². The maximum atomic E-state index is 12.2. The minimum atomic E-state index is -2.97. The Kier molecular flexibility index (Phi) is 4.53. The van der Waals surface area contributed by atoms with E-state index in [9.17, 15) is 18.0 Å². The predicted octanol–water partition coefficient (Wildman–Crippen LogP) is 1.21. The number of amides is 1. The maximum absolute atomic E-state index is 12.2. The lowest BCUT2D eigenvalue weighted by Crippen LogP contribution is -2.33. The van der Waals surface area contributed by atoms with Crippen molar-refractivity contribution in [1.82, 2.24) is 10.3 Å². The Balaban J connectivity index is 1.69. The van der Waals surface area contributed by atoms with Gasteiger partial charge in [-0.1, -0.05) is 30.3 Å². The lowest BCUT2D eigenvalue weighted by atomic mass is 10.1. The summed E-state index contributed by atoms with van der Waals surface area (Å²) < 4.78 is 22.8. The van der Waals surface area contributed by atoms with Crippen LogP contribution in [0.15, 0.2) is 47.3 Å². The quantitative estimate of drug-likeness (QED) is 0.870. The number of hydrogen-bond acceptors (Lipinski definition) is 4. The Hall–Kier alpha value is -2.41. The van der Waals surface area contributed by atoms with Crippen molar-refractivity contribution >= 4 is 15.7 Å². The fraction of sp³-hybridized carbons (Fsp3) is 0.294. The second kappa shape index (κ2) is 6.60. The second-order valence-corrected chi connectivity index (χ2v) is 8.19. The number of H-pyrrole nitrogens is 1. The van der Waals surface area contributed by atoms with Crippen LogP contribution in [-0.2, 0) is 9.84 Å². The number of aromatic amines is 1. The normalized spacial score (nSPS) is 19.1. The highest BCUT2D eigenvalue weighted by Gasteiger charge is 2.28. The Labute approximate surface area is 139 Å². The lowest BCUT2D eigenvalue weighted by molar-refractivity contribution is 0.0947. The van der Waals surface area contributed by atoms with E-state index in [-0.39, 0.29) is 29.5 Å². The Morgan fingerprint density at radius 2 is 1.92 bits per heavy atom. The van der Waals surface area contributed by atoms with Gasteiger partial charge < -0.3 is 10.3 Å². The summed E-state index contributed by atoms with van der Waals surface area (Å²) in [5.74, 6) is -0.307. The van der Waals surface area contributed by atoms with Crippen molar-refractivity contribution in [3.63, 3.8) is 0 Å². The number of aromatic nitrogens is 1. The molecule has 6 nitrogen and oxygen atoms in total. The summed E-state index contributed by atoms with van der Waals surface area (Å²) in [6, 6.07) is 12.5. The molecule has 2 heterocycles. The van der Waals surface area contributed by atoms with Crippen LogP contribution in [0.3, 0.4) is 0 Å².